The first-order chi connectivity index (χ1) is 7.20. The average Bonchev–Trinajstić information content (AvgIpc) is 2.60. The van der Waals surface area contributed by atoms with Gasteiger partial charge in [-0.25, -0.2) is 4.98 Å². The van der Waals surface area contributed by atoms with Gasteiger partial charge in [-0.1, -0.05) is 0 Å². The van der Waals surface area contributed by atoms with Gasteiger partial charge in [-0.05, 0) is 26.3 Å². The minimum atomic E-state index is 0.133. The summed E-state index contributed by atoms with van der Waals surface area (Å²) in [6.07, 6.45) is 3.77. The van der Waals surface area contributed by atoms with Crippen LogP contribution >= 0.6 is 0 Å². The molecule has 2 heterocycles. The molecule has 4 heteroatoms. The number of nitrogens with zero attached hydrogens (tertiary/aromatic N) is 2. The minimum absolute atomic E-state index is 0.133. The molecule has 1 aromatic rings. The van der Waals surface area contributed by atoms with Crippen molar-refractivity contribution in [1.29, 1.82) is 0 Å². The standard InChI is InChI=1S/C11H17N3O/c1-8-13-7-10(14(8)2)11(15)9-4-3-5-12-6-9/h7,9,12H,3-6H2,1-2H3. The second kappa shape index (κ2) is 4.14. The molecule has 1 aromatic heterocycles. The fourth-order valence-electron chi connectivity index (χ4n) is 2.02. The van der Waals surface area contributed by atoms with Crippen molar-refractivity contribution in [3.63, 3.8) is 0 Å². The number of hydrogen-bond donors (Lipinski definition) is 1. The van der Waals surface area contributed by atoms with E-state index >= 15 is 0 Å². The molecule has 0 aromatic carbocycles. The molecular weight excluding hydrogens is 190 g/mol. The van der Waals surface area contributed by atoms with Gasteiger partial charge in [0.15, 0.2) is 5.78 Å². The minimum Gasteiger partial charge on any atom is -0.329 e. The van der Waals surface area contributed by atoms with Crippen LogP contribution in [0.1, 0.15) is 29.2 Å². The van der Waals surface area contributed by atoms with E-state index in [9.17, 15) is 4.79 Å². The van der Waals surface area contributed by atoms with E-state index in [2.05, 4.69) is 10.3 Å². The van der Waals surface area contributed by atoms with Gasteiger partial charge in [0.25, 0.3) is 0 Å². The molecule has 0 aliphatic carbocycles. The van der Waals surface area contributed by atoms with Crippen LogP contribution < -0.4 is 5.32 Å². The molecule has 1 atom stereocenters. The number of Topliss-reactive ketones (excluding diaryl/α,β-unsaturated/α-hetero) is 1. The highest BCUT2D eigenvalue weighted by Crippen LogP contribution is 2.16. The van der Waals surface area contributed by atoms with Gasteiger partial charge >= 0.3 is 0 Å². The highest BCUT2D eigenvalue weighted by molar-refractivity contribution is 5.96. The number of aryl methyl sites for hydroxylation is 1. The number of rotatable bonds is 2. The third-order valence-corrected chi connectivity index (χ3v) is 3.14. The van der Waals surface area contributed by atoms with Gasteiger partial charge in [0.2, 0.25) is 0 Å². The van der Waals surface area contributed by atoms with E-state index in [1.165, 1.54) is 0 Å². The zero-order valence-corrected chi connectivity index (χ0v) is 9.29. The Balaban J connectivity index is 2.16. The van der Waals surface area contributed by atoms with Crippen molar-refractivity contribution in [3.05, 3.63) is 17.7 Å². The quantitative estimate of drug-likeness (QED) is 0.733. The summed E-state index contributed by atoms with van der Waals surface area (Å²) in [5.74, 6) is 1.25. The van der Waals surface area contributed by atoms with E-state index in [0.717, 1.165) is 37.4 Å². The lowest BCUT2D eigenvalue weighted by molar-refractivity contribution is 0.0891. The van der Waals surface area contributed by atoms with Gasteiger partial charge in [-0.2, -0.15) is 0 Å². The van der Waals surface area contributed by atoms with Crippen molar-refractivity contribution in [1.82, 2.24) is 14.9 Å². The maximum Gasteiger partial charge on any atom is 0.185 e. The number of carbonyl (C=O) groups excluding carboxylic acids is 1. The van der Waals surface area contributed by atoms with Gasteiger partial charge in [0.05, 0.1) is 6.20 Å². The lowest BCUT2D eigenvalue weighted by Gasteiger charge is -2.21. The smallest absolute Gasteiger partial charge is 0.185 e. The molecule has 1 unspecified atom stereocenters. The topological polar surface area (TPSA) is 46.9 Å². The third-order valence-electron chi connectivity index (χ3n) is 3.14. The average molecular weight is 207 g/mol. The Morgan fingerprint density at radius 2 is 2.47 bits per heavy atom. The Bertz CT molecular complexity index is 364. The summed E-state index contributed by atoms with van der Waals surface area (Å²) in [7, 11) is 1.89. The fourth-order valence-corrected chi connectivity index (χ4v) is 2.02. The zero-order chi connectivity index (χ0) is 10.8. The monoisotopic (exact) mass is 207 g/mol. The highest BCUT2D eigenvalue weighted by Gasteiger charge is 2.24. The van der Waals surface area contributed by atoms with E-state index in [1.54, 1.807) is 6.20 Å². The van der Waals surface area contributed by atoms with Gasteiger partial charge in [0, 0.05) is 19.5 Å². The van der Waals surface area contributed by atoms with E-state index in [4.69, 9.17) is 0 Å². The van der Waals surface area contributed by atoms with Crippen molar-refractivity contribution < 1.29 is 4.79 Å². The Morgan fingerprint density at radius 1 is 1.67 bits per heavy atom. The molecule has 1 N–H and O–H groups in total. The molecule has 82 valence electrons. The predicted octanol–water partition coefficient (Wildman–Crippen LogP) is 0.911. The molecule has 1 aliphatic heterocycles. The van der Waals surface area contributed by atoms with Crippen LogP contribution in [0.5, 0.6) is 0 Å². The largest absolute Gasteiger partial charge is 0.329 e. The summed E-state index contributed by atoms with van der Waals surface area (Å²) in [5, 5.41) is 3.26. The summed E-state index contributed by atoms with van der Waals surface area (Å²) in [6, 6.07) is 0. The van der Waals surface area contributed by atoms with E-state index in [0.29, 0.717) is 0 Å². The van der Waals surface area contributed by atoms with Crippen molar-refractivity contribution in [2.24, 2.45) is 13.0 Å². The SMILES string of the molecule is Cc1ncc(C(=O)C2CCCNC2)n1C. The molecule has 15 heavy (non-hydrogen) atoms. The molecule has 1 fully saturated rings. The molecular formula is C11H17N3O. The number of ketones is 1. The van der Waals surface area contributed by atoms with Crippen molar-refractivity contribution in [3.8, 4) is 0 Å². The second-order valence-corrected chi connectivity index (χ2v) is 4.16. The molecule has 1 aliphatic rings. The fraction of sp³-hybridized carbons (Fsp3) is 0.636. The maximum absolute atomic E-state index is 12.1. The van der Waals surface area contributed by atoms with Crippen LogP contribution in [0.3, 0.4) is 0 Å². The lowest BCUT2D eigenvalue weighted by atomic mass is 9.93. The molecule has 0 saturated carbocycles. The molecule has 0 radical (unpaired) electrons. The Labute approximate surface area is 89.7 Å². The molecule has 0 amide bonds. The first kappa shape index (κ1) is 10.4. The predicted molar refractivity (Wildman–Crippen MR) is 57.9 cm³/mol. The first-order valence-corrected chi connectivity index (χ1v) is 5.43. The van der Waals surface area contributed by atoms with Crippen LogP contribution in [0, 0.1) is 12.8 Å². The summed E-state index contributed by atoms with van der Waals surface area (Å²) in [6.45, 7) is 3.76. The maximum atomic E-state index is 12.1. The lowest BCUT2D eigenvalue weighted by Crippen LogP contribution is -2.35. The van der Waals surface area contributed by atoms with Crippen molar-refractivity contribution in [2.45, 2.75) is 19.8 Å². The third kappa shape index (κ3) is 1.95. The van der Waals surface area contributed by atoms with Crippen molar-refractivity contribution >= 4 is 5.78 Å². The molecule has 0 spiro atoms. The number of carbonyl (C=O) groups is 1. The van der Waals surface area contributed by atoms with Crippen LogP contribution in [0.4, 0.5) is 0 Å². The molecule has 0 bridgehead atoms. The molecule has 2 rings (SSSR count). The van der Waals surface area contributed by atoms with Crippen molar-refractivity contribution in [2.75, 3.05) is 13.1 Å². The van der Waals surface area contributed by atoms with Crippen LogP contribution in [0.2, 0.25) is 0 Å². The summed E-state index contributed by atoms with van der Waals surface area (Å²) in [5.41, 5.74) is 0.737. The van der Waals surface area contributed by atoms with E-state index in [1.807, 2.05) is 18.5 Å². The summed E-state index contributed by atoms with van der Waals surface area (Å²) < 4.78 is 1.87. The Kier molecular flexibility index (Phi) is 2.86. The molecule has 1 saturated heterocycles. The van der Waals surface area contributed by atoms with Crippen LogP contribution in [-0.2, 0) is 7.05 Å². The number of aromatic nitrogens is 2. The number of piperidine rings is 1. The normalized spacial score (nSPS) is 21.6. The number of imidazole rings is 1. The van der Waals surface area contributed by atoms with Gasteiger partial charge in [0.1, 0.15) is 11.5 Å². The Morgan fingerprint density at radius 3 is 3.00 bits per heavy atom. The number of hydrogen-bond acceptors (Lipinski definition) is 3. The van der Waals surface area contributed by atoms with Gasteiger partial charge in [-0.15, -0.1) is 0 Å². The van der Waals surface area contributed by atoms with E-state index in [-0.39, 0.29) is 11.7 Å². The van der Waals surface area contributed by atoms with Crippen LogP contribution in [0.15, 0.2) is 6.20 Å². The zero-order valence-electron chi connectivity index (χ0n) is 9.29. The highest BCUT2D eigenvalue weighted by atomic mass is 16.1. The summed E-state index contributed by atoms with van der Waals surface area (Å²) >= 11 is 0. The van der Waals surface area contributed by atoms with Crippen LogP contribution in [-0.4, -0.2) is 28.4 Å². The second-order valence-electron chi connectivity index (χ2n) is 4.16. The van der Waals surface area contributed by atoms with Crippen LogP contribution in [0.25, 0.3) is 0 Å². The van der Waals surface area contributed by atoms with E-state index < -0.39 is 0 Å². The van der Waals surface area contributed by atoms with Gasteiger partial charge < -0.3 is 9.88 Å². The van der Waals surface area contributed by atoms with Gasteiger partial charge in [-0.3, -0.25) is 4.79 Å². The number of nitrogens with one attached hydrogen (secondary N) is 1. The first-order valence-electron chi connectivity index (χ1n) is 5.43. The molecule has 4 nitrogen and oxygen atoms in total. The summed E-state index contributed by atoms with van der Waals surface area (Å²) in [4.78, 5) is 16.3. The Hall–Kier alpha value is -1.16.